The molecule has 7 nitrogen and oxygen atoms in total. The quantitative estimate of drug-likeness (QED) is 0.542. The lowest BCUT2D eigenvalue weighted by molar-refractivity contribution is 0.362. The summed E-state index contributed by atoms with van der Waals surface area (Å²) in [6.07, 6.45) is 0.160. The molecular formula is C23H22FN3O4S2. The van der Waals surface area contributed by atoms with E-state index in [2.05, 4.69) is 9.82 Å². The average Bonchev–Trinajstić information content (AvgIpc) is 3.26. The van der Waals surface area contributed by atoms with Gasteiger partial charge in [0, 0.05) is 17.7 Å². The first-order valence-corrected chi connectivity index (χ1v) is 13.3. The van der Waals surface area contributed by atoms with Gasteiger partial charge in [-0.1, -0.05) is 48.5 Å². The van der Waals surface area contributed by atoms with Gasteiger partial charge < -0.3 is 0 Å². The number of hydrogen-bond donors (Lipinski definition) is 1. The van der Waals surface area contributed by atoms with Gasteiger partial charge in [0.15, 0.2) is 0 Å². The SMILES string of the molecule is CCS(=O)(=O)Nc1ccc(C2=NN(S(=O)(=O)c3ccccc3)[C@@H](c3ccccc3F)C2)cc1. The van der Waals surface area contributed by atoms with E-state index in [9.17, 15) is 21.2 Å². The second-order valence-electron chi connectivity index (χ2n) is 7.46. The summed E-state index contributed by atoms with van der Waals surface area (Å²) in [4.78, 5) is 0.0562. The second kappa shape index (κ2) is 8.95. The molecule has 1 heterocycles. The van der Waals surface area contributed by atoms with Crippen molar-refractivity contribution in [2.75, 3.05) is 10.5 Å². The van der Waals surface area contributed by atoms with Crippen molar-refractivity contribution < 1.29 is 21.2 Å². The van der Waals surface area contributed by atoms with Gasteiger partial charge >= 0.3 is 0 Å². The van der Waals surface area contributed by atoms with Gasteiger partial charge in [-0.2, -0.15) is 17.9 Å². The summed E-state index contributed by atoms with van der Waals surface area (Å²) in [6, 6.07) is 19.5. The van der Waals surface area contributed by atoms with Gasteiger partial charge in [-0.25, -0.2) is 12.8 Å². The van der Waals surface area contributed by atoms with E-state index >= 15 is 0 Å². The molecule has 172 valence electrons. The van der Waals surface area contributed by atoms with Gasteiger partial charge in [0.1, 0.15) is 5.82 Å². The highest BCUT2D eigenvalue weighted by atomic mass is 32.2. The summed E-state index contributed by atoms with van der Waals surface area (Å²) in [5.74, 6) is -0.575. The molecule has 4 rings (SSSR count). The first kappa shape index (κ1) is 22.9. The van der Waals surface area contributed by atoms with Crippen LogP contribution in [0.25, 0.3) is 0 Å². The number of anilines is 1. The normalized spacial score (nSPS) is 16.5. The zero-order valence-electron chi connectivity index (χ0n) is 17.7. The molecule has 0 bridgehead atoms. The van der Waals surface area contributed by atoms with Crippen LogP contribution in [-0.4, -0.2) is 32.7 Å². The van der Waals surface area contributed by atoms with E-state index in [1.165, 1.54) is 25.1 Å². The van der Waals surface area contributed by atoms with Crippen LogP contribution in [0.1, 0.15) is 30.5 Å². The van der Waals surface area contributed by atoms with Crippen molar-refractivity contribution in [2.45, 2.75) is 24.3 Å². The highest BCUT2D eigenvalue weighted by molar-refractivity contribution is 7.92. The molecular weight excluding hydrogens is 465 g/mol. The minimum atomic E-state index is -4.04. The number of rotatable bonds is 7. The Morgan fingerprint density at radius 3 is 2.21 bits per heavy atom. The van der Waals surface area contributed by atoms with Crippen molar-refractivity contribution in [3.8, 4) is 0 Å². The molecule has 0 unspecified atom stereocenters. The van der Waals surface area contributed by atoms with Crippen LogP contribution in [0.4, 0.5) is 10.1 Å². The third-order valence-corrected chi connectivity index (χ3v) is 8.30. The van der Waals surface area contributed by atoms with Crippen molar-refractivity contribution in [2.24, 2.45) is 5.10 Å². The molecule has 0 saturated heterocycles. The van der Waals surface area contributed by atoms with Crippen molar-refractivity contribution in [3.05, 3.63) is 95.8 Å². The zero-order chi connectivity index (χ0) is 23.6. The lowest BCUT2D eigenvalue weighted by Gasteiger charge is -2.23. The van der Waals surface area contributed by atoms with Gasteiger partial charge in [0.05, 0.1) is 22.4 Å². The standard InChI is InChI=1S/C23H22FN3O4S2/c1-2-32(28,29)26-18-14-12-17(13-15-18)22-16-23(20-10-6-7-11-21(20)24)27(25-22)33(30,31)19-8-4-3-5-9-19/h3-15,23,26H,2,16H2,1H3/t23-/m1/s1. The highest BCUT2D eigenvalue weighted by Gasteiger charge is 2.38. The van der Waals surface area contributed by atoms with Crippen LogP contribution in [0.15, 0.2) is 88.9 Å². The summed E-state index contributed by atoms with van der Waals surface area (Å²) < 4.78 is 68.4. The fraction of sp³-hybridized carbons (Fsp3) is 0.174. The van der Waals surface area contributed by atoms with E-state index in [0.29, 0.717) is 17.0 Å². The van der Waals surface area contributed by atoms with E-state index < -0.39 is 31.9 Å². The Balaban J connectivity index is 1.73. The van der Waals surface area contributed by atoms with Crippen LogP contribution in [-0.2, 0) is 20.0 Å². The summed E-state index contributed by atoms with van der Waals surface area (Å²) in [7, 11) is -7.46. The molecule has 0 fully saturated rings. The Hall–Kier alpha value is -3.24. The molecule has 3 aromatic rings. The maximum Gasteiger partial charge on any atom is 0.279 e. The summed E-state index contributed by atoms with van der Waals surface area (Å²) >= 11 is 0. The van der Waals surface area contributed by atoms with Crippen LogP contribution >= 0.6 is 0 Å². The number of nitrogens with one attached hydrogen (secondary N) is 1. The third-order valence-electron chi connectivity index (χ3n) is 5.30. The smallest absolute Gasteiger partial charge is 0.279 e. The second-order valence-corrected chi connectivity index (χ2v) is 11.3. The number of sulfonamides is 2. The first-order valence-electron chi connectivity index (χ1n) is 10.2. The Kier molecular flexibility index (Phi) is 6.22. The highest BCUT2D eigenvalue weighted by Crippen LogP contribution is 2.38. The van der Waals surface area contributed by atoms with Crippen LogP contribution in [0, 0.1) is 5.82 Å². The molecule has 0 radical (unpaired) electrons. The monoisotopic (exact) mass is 487 g/mol. The van der Waals surface area contributed by atoms with E-state index in [1.54, 1.807) is 60.7 Å². The van der Waals surface area contributed by atoms with Crippen LogP contribution in [0.3, 0.4) is 0 Å². The molecule has 10 heteroatoms. The number of hydrazone groups is 1. The minimum Gasteiger partial charge on any atom is -0.284 e. The van der Waals surface area contributed by atoms with E-state index in [4.69, 9.17) is 0 Å². The van der Waals surface area contributed by atoms with Gasteiger partial charge in [0.25, 0.3) is 10.0 Å². The van der Waals surface area contributed by atoms with Crippen LogP contribution in [0.2, 0.25) is 0 Å². The van der Waals surface area contributed by atoms with Crippen molar-refractivity contribution in [1.29, 1.82) is 0 Å². The van der Waals surface area contributed by atoms with Crippen LogP contribution < -0.4 is 4.72 Å². The molecule has 0 amide bonds. The largest absolute Gasteiger partial charge is 0.284 e. The fourth-order valence-electron chi connectivity index (χ4n) is 3.54. The van der Waals surface area contributed by atoms with Gasteiger partial charge in [-0.15, -0.1) is 0 Å². The molecule has 0 spiro atoms. The number of halogens is 1. The molecule has 1 atom stereocenters. The Labute approximate surface area is 192 Å². The van der Waals surface area contributed by atoms with Crippen molar-refractivity contribution in [1.82, 2.24) is 4.41 Å². The molecule has 1 N–H and O–H groups in total. The average molecular weight is 488 g/mol. The number of hydrogen-bond acceptors (Lipinski definition) is 5. The van der Waals surface area contributed by atoms with Gasteiger partial charge in [0.2, 0.25) is 10.0 Å². The molecule has 3 aromatic carbocycles. The third kappa shape index (κ3) is 4.76. The van der Waals surface area contributed by atoms with Gasteiger partial charge in [-0.3, -0.25) is 4.72 Å². The Bertz CT molecular complexity index is 1390. The van der Waals surface area contributed by atoms with Gasteiger partial charge in [-0.05, 0) is 42.8 Å². The number of benzene rings is 3. The summed E-state index contributed by atoms with van der Waals surface area (Å²) in [5.41, 5.74) is 1.68. The summed E-state index contributed by atoms with van der Waals surface area (Å²) in [6.45, 7) is 1.54. The maximum absolute atomic E-state index is 14.6. The van der Waals surface area contributed by atoms with Crippen molar-refractivity contribution in [3.63, 3.8) is 0 Å². The fourth-order valence-corrected chi connectivity index (χ4v) is 5.63. The molecule has 0 saturated carbocycles. The summed E-state index contributed by atoms with van der Waals surface area (Å²) in [5, 5.41) is 4.38. The first-order chi connectivity index (χ1) is 15.7. The topological polar surface area (TPSA) is 95.9 Å². The predicted molar refractivity (Wildman–Crippen MR) is 125 cm³/mol. The Morgan fingerprint density at radius 1 is 0.939 bits per heavy atom. The molecule has 0 aliphatic carbocycles. The maximum atomic E-state index is 14.6. The predicted octanol–water partition coefficient (Wildman–Crippen LogP) is 4.13. The minimum absolute atomic E-state index is 0.0562. The van der Waals surface area contributed by atoms with Crippen LogP contribution in [0.5, 0.6) is 0 Å². The molecule has 33 heavy (non-hydrogen) atoms. The zero-order valence-corrected chi connectivity index (χ0v) is 19.4. The molecule has 1 aliphatic heterocycles. The lowest BCUT2D eigenvalue weighted by Crippen LogP contribution is -2.27. The molecule has 1 aliphatic rings. The number of nitrogens with zero attached hydrogens (tertiary/aromatic N) is 2. The molecule has 0 aromatic heterocycles. The lowest BCUT2D eigenvalue weighted by atomic mass is 9.99. The Morgan fingerprint density at radius 2 is 1.58 bits per heavy atom. The van der Waals surface area contributed by atoms with E-state index in [1.807, 2.05) is 0 Å². The van der Waals surface area contributed by atoms with E-state index in [-0.39, 0.29) is 22.6 Å². The van der Waals surface area contributed by atoms with E-state index in [0.717, 1.165) is 4.41 Å². The van der Waals surface area contributed by atoms with Crippen molar-refractivity contribution >= 4 is 31.4 Å².